The fraction of sp³-hybridized carbons (Fsp3) is 0.636. The zero-order chi connectivity index (χ0) is 18.6. The summed E-state index contributed by atoms with van der Waals surface area (Å²) in [6, 6.07) is 11.3. The molecule has 1 aromatic rings. The van der Waals surface area contributed by atoms with Crippen molar-refractivity contribution in [3.63, 3.8) is 0 Å². The van der Waals surface area contributed by atoms with E-state index in [1.54, 1.807) is 0 Å². The van der Waals surface area contributed by atoms with Crippen LogP contribution in [0.25, 0.3) is 0 Å². The predicted molar refractivity (Wildman–Crippen MR) is 105 cm³/mol. The summed E-state index contributed by atoms with van der Waals surface area (Å²) in [5, 5.41) is 12.5. The number of nitrogens with one attached hydrogen (secondary N) is 1. The van der Waals surface area contributed by atoms with E-state index in [4.69, 9.17) is 0 Å². The summed E-state index contributed by atoms with van der Waals surface area (Å²) in [4.78, 5) is 17.5. The highest BCUT2D eigenvalue weighted by Crippen LogP contribution is 2.26. The molecule has 0 radical (unpaired) electrons. The topological polar surface area (TPSA) is 59.4 Å². The number of piperidine rings is 2. The minimum atomic E-state index is 0.180. The van der Waals surface area contributed by atoms with Crippen LogP contribution >= 0.6 is 0 Å². The van der Waals surface area contributed by atoms with Crippen LogP contribution in [0, 0.1) is 17.2 Å². The van der Waals surface area contributed by atoms with Gasteiger partial charge in [-0.15, -0.1) is 0 Å². The van der Waals surface area contributed by atoms with Gasteiger partial charge in [0, 0.05) is 25.2 Å². The molecule has 1 aliphatic carbocycles. The van der Waals surface area contributed by atoms with E-state index >= 15 is 0 Å². The smallest absolute Gasteiger partial charge is 0.224 e. The lowest BCUT2D eigenvalue weighted by molar-refractivity contribution is -0.127. The van der Waals surface area contributed by atoms with Crippen molar-refractivity contribution >= 4 is 5.91 Å². The van der Waals surface area contributed by atoms with Gasteiger partial charge >= 0.3 is 0 Å². The lowest BCUT2D eigenvalue weighted by Crippen LogP contribution is -2.50. The Morgan fingerprint density at radius 3 is 2.63 bits per heavy atom. The van der Waals surface area contributed by atoms with Crippen molar-refractivity contribution in [3.8, 4) is 6.07 Å². The van der Waals surface area contributed by atoms with E-state index in [1.165, 1.54) is 0 Å². The molecule has 2 heterocycles. The summed E-state index contributed by atoms with van der Waals surface area (Å²) >= 11 is 0. The highest BCUT2D eigenvalue weighted by atomic mass is 16.2. The van der Waals surface area contributed by atoms with E-state index in [-0.39, 0.29) is 11.8 Å². The fourth-order valence-corrected chi connectivity index (χ4v) is 4.55. The first-order chi connectivity index (χ1) is 13.2. The van der Waals surface area contributed by atoms with E-state index in [0.717, 1.165) is 82.4 Å². The van der Waals surface area contributed by atoms with Crippen LogP contribution in [-0.2, 0) is 11.3 Å². The fourth-order valence-electron chi connectivity index (χ4n) is 4.55. The molecule has 2 saturated heterocycles. The van der Waals surface area contributed by atoms with Gasteiger partial charge in [-0.05, 0) is 69.8 Å². The van der Waals surface area contributed by atoms with E-state index < -0.39 is 0 Å². The molecule has 1 aromatic carbocycles. The summed E-state index contributed by atoms with van der Waals surface area (Å²) in [6.45, 7) is 5.07. The van der Waals surface area contributed by atoms with Crippen LogP contribution in [0.1, 0.15) is 49.7 Å². The van der Waals surface area contributed by atoms with E-state index in [2.05, 4.69) is 27.3 Å². The molecule has 1 saturated carbocycles. The highest BCUT2D eigenvalue weighted by Gasteiger charge is 2.33. The van der Waals surface area contributed by atoms with Crippen LogP contribution in [0.5, 0.6) is 0 Å². The Hall–Kier alpha value is -1.90. The predicted octanol–water partition coefficient (Wildman–Crippen LogP) is 2.51. The minimum Gasteiger partial charge on any atom is -0.353 e. The summed E-state index contributed by atoms with van der Waals surface area (Å²) in [5.74, 6) is 0.465. The highest BCUT2D eigenvalue weighted by molar-refractivity contribution is 5.79. The summed E-state index contributed by atoms with van der Waals surface area (Å²) < 4.78 is 0. The molecular weight excluding hydrogens is 336 g/mol. The molecule has 5 nitrogen and oxygen atoms in total. The summed E-state index contributed by atoms with van der Waals surface area (Å²) in [5.41, 5.74) is 1.92. The van der Waals surface area contributed by atoms with E-state index in [9.17, 15) is 10.1 Å². The molecule has 0 bridgehead atoms. The monoisotopic (exact) mass is 366 g/mol. The van der Waals surface area contributed by atoms with Gasteiger partial charge in [0.25, 0.3) is 0 Å². The first kappa shape index (κ1) is 18.5. The van der Waals surface area contributed by atoms with E-state index in [0.29, 0.717) is 12.1 Å². The van der Waals surface area contributed by atoms with Gasteiger partial charge in [0.1, 0.15) is 0 Å². The SMILES string of the molecule is N#Cc1ccccc1CN1CCC(N2CCC[C@@H](C(=O)NC3CC3)C2)CC1. The average Bonchev–Trinajstić information content (AvgIpc) is 3.53. The van der Waals surface area contributed by atoms with Crippen LogP contribution in [-0.4, -0.2) is 54.0 Å². The molecule has 1 N–H and O–H groups in total. The van der Waals surface area contributed by atoms with Crippen molar-refractivity contribution < 1.29 is 4.79 Å². The third-order valence-corrected chi connectivity index (χ3v) is 6.35. The molecule has 1 atom stereocenters. The zero-order valence-corrected chi connectivity index (χ0v) is 16.1. The van der Waals surface area contributed by atoms with Crippen LogP contribution in [0.15, 0.2) is 24.3 Å². The molecule has 5 heteroatoms. The van der Waals surface area contributed by atoms with Crippen molar-refractivity contribution in [1.82, 2.24) is 15.1 Å². The number of nitriles is 1. The molecule has 144 valence electrons. The molecule has 0 spiro atoms. The number of benzene rings is 1. The number of hydrogen-bond donors (Lipinski definition) is 1. The second-order valence-electron chi connectivity index (χ2n) is 8.39. The lowest BCUT2D eigenvalue weighted by atomic mass is 9.93. The maximum Gasteiger partial charge on any atom is 0.224 e. The van der Waals surface area contributed by atoms with Gasteiger partial charge in [-0.1, -0.05) is 18.2 Å². The number of likely N-dealkylation sites (tertiary alicyclic amines) is 2. The van der Waals surface area contributed by atoms with Gasteiger partial charge in [0.2, 0.25) is 5.91 Å². The number of nitrogens with zero attached hydrogens (tertiary/aromatic N) is 3. The van der Waals surface area contributed by atoms with Gasteiger partial charge in [-0.2, -0.15) is 5.26 Å². The molecule has 27 heavy (non-hydrogen) atoms. The van der Waals surface area contributed by atoms with Crippen LogP contribution in [0.2, 0.25) is 0 Å². The Morgan fingerprint density at radius 1 is 1.11 bits per heavy atom. The number of rotatable bonds is 5. The van der Waals surface area contributed by atoms with Crippen molar-refractivity contribution in [2.24, 2.45) is 5.92 Å². The Labute approximate surface area is 162 Å². The third-order valence-electron chi connectivity index (χ3n) is 6.35. The molecule has 3 fully saturated rings. The second kappa shape index (κ2) is 8.41. The molecule has 0 aromatic heterocycles. The molecule has 4 rings (SSSR count). The molecular formula is C22H30N4O. The van der Waals surface area contributed by atoms with Crippen molar-refractivity contribution in [3.05, 3.63) is 35.4 Å². The molecule has 3 aliphatic rings. The Balaban J connectivity index is 1.27. The number of carbonyl (C=O) groups is 1. The van der Waals surface area contributed by atoms with Crippen LogP contribution in [0.4, 0.5) is 0 Å². The number of carbonyl (C=O) groups excluding carboxylic acids is 1. The number of amides is 1. The van der Waals surface area contributed by atoms with Gasteiger partial charge in [-0.25, -0.2) is 0 Å². The van der Waals surface area contributed by atoms with Crippen LogP contribution in [0.3, 0.4) is 0 Å². The Kier molecular flexibility index (Phi) is 5.75. The summed E-state index contributed by atoms with van der Waals surface area (Å²) in [7, 11) is 0. The van der Waals surface area contributed by atoms with Gasteiger partial charge in [0.15, 0.2) is 0 Å². The van der Waals surface area contributed by atoms with Crippen molar-refractivity contribution in [1.29, 1.82) is 5.26 Å². The average molecular weight is 367 g/mol. The van der Waals surface area contributed by atoms with Gasteiger partial charge in [0.05, 0.1) is 17.6 Å². The first-order valence-corrected chi connectivity index (χ1v) is 10.5. The van der Waals surface area contributed by atoms with E-state index in [1.807, 2.05) is 18.2 Å². The molecule has 0 unspecified atom stereocenters. The first-order valence-electron chi connectivity index (χ1n) is 10.5. The molecule has 2 aliphatic heterocycles. The minimum absolute atomic E-state index is 0.180. The third kappa shape index (κ3) is 4.69. The normalized spacial score (nSPS) is 25.1. The number of hydrogen-bond acceptors (Lipinski definition) is 4. The second-order valence-corrected chi connectivity index (χ2v) is 8.39. The lowest BCUT2D eigenvalue weighted by Gasteiger charge is -2.42. The zero-order valence-electron chi connectivity index (χ0n) is 16.1. The maximum absolute atomic E-state index is 12.4. The standard InChI is InChI=1S/C22H30N4O/c23-14-17-4-1-2-5-18(17)15-25-12-9-21(10-13-25)26-11-3-6-19(16-26)22(27)24-20-7-8-20/h1-2,4-5,19-21H,3,6-13,15-16H2,(H,24,27)/t19-/m1/s1. The van der Waals surface area contributed by atoms with Crippen molar-refractivity contribution in [2.75, 3.05) is 26.2 Å². The van der Waals surface area contributed by atoms with Gasteiger partial charge in [-0.3, -0.25) is 14.6 Å². The molecule has 1 amide bonds. The maximum atomic E-state index is 12.4. The Morgan fingerprint density at radius 2 is 1.89 bits per heavy atom. The summed E-state index contributed by atoms with van der Waals surface area (Å²) in [6.07, 6.45) is 6.82. The van der Waals surface area contributed by atoms with Crippen LogP contribution < -0.4 is 5.32 Å². The largest absolute Gasteiger partial charge is 0.353 e. The van der Waals surface area contributed by atoms with Gasteiger partial charge < -0.3 is 5.32 Å². The van der Waals surface area contributed by atoms with Crippen molar-refractivity contribution in [2.45, 2.75) is 57.2 Å². The quantitative estimate of drug-likeness (QED) is 0.870. The Bertz CT molecular complexity index is 701.